The van der Waals surface area contributed by atoms with Gasteiger partial charge in [0.05, 0.1) is 10.7 Å². The lowest BCUT2D eigenvalue weighted by Crippen LogP contribution is -2.24. The van der Waals surface area contributed by atoms with Gasteiger partial charge in [0.2, 0.25) is 0 Å². The van der Waals surface area contributed by atoms with Crippen LogP contribution in [0.5, 0.6) is 0 Å². The Morgan fingerprint density at radius 1 is 1.19 bits per heavy atom. The van der Waals surface area contributed by atoms with E-state index in [1.807, 2.05) is 0 Å². The summed E-state index contributed by atoms with van der Waals surface area (Å²) in [5.74, 6) is -0.491. The fraction of sp³-hybridized carbons (Fsp3) is 0.200. The summed E-state index contributed by atoms with van der Waals surface area (Å²) in [6, 6.07) is 6.42. The van der Waals surface area contributed by atoms with Gasteiger partial charge in [-0.25, -0.2) is 0 Å². The lowest BCUT2D eigenvalue weighted by atomic mass is 10.1. The molecule has 21 heavy (non-hydrogen) atoms. The van der Waals surface area contributed by atoms with Gasteiger partial charge in [0.15, 0.2) is 0 Å². The van der Waals surface area contributed by atoms with Crippen LogP contribution in [0.1, 0.15) is 28.0 Å². The lowest BCUT2D eigenvalue weighted by Gasteiger charge is -2.08. The van der Waals surface area contributed by atoms with E-state index in [9.17, 15) is 9.59 Å². The first-order valence-electron chi connectivity index (χ1n) is 6.56. The Kier molecular flexibility index (Phi) is 3.74. The third-order valence-corrected chi connectivity index (χ3v) is 4.07. The number of H-pyrrole nitrogens is 1. The van der Waals surface area contributed by atoms with Crippen molar-refractivity contribution in [3.8, 4) is 0 Å². The van der Waals surface area contributed by atoms with Crippen molar-refractivity contribution in [2.75, 3.05) is 5.32 Å². The van der Waals surface area contributed by atoms with E-state index in [1.165, 1.54) is 0 Å². The maximum atomic E-state index is 12.3. The number of carbonyl (C=O) groups excluding carboxylic acids is 1. The summed E-state index contributed by atoms with van der Waals surface area (Å²) in [4.78, 5) is 27.0. The van der Waals surface area contributed by atoms with Crippen molar-refractivity contribution in [2.24, 2.45) is 0 Å². The molecule has 1 aromatic heterocycles. The maximum Gasteiger partial charge on any atom is 0.261 e. The number of aromatic nitrogens is 1. The molecule has 1 heterocycles. The number of aryl methyl sites for hydroxylation is 2. The molecule has 1 aromatic carbocycles. The molecule has 0 spiro atoms. The molecule has 2 aromatic rings. The molecule has 1 amide bonds. The fourth-order valence-corrected chi connectivity index (χ4v) is 2.80. The van der Waals surface area contributed by atoms with Gasteiger partial charge in [-0.1, -0.05) is 23.2 Å². The fourth-order valence-electron chi connectivity index (χ4n) is 2.46. The Labute approximate surface area is 131 Å². The molecule has 4 nitrogen and oxygen atoms in total. The van der Waals surface area contributed by atoms with E-state index in [-0.39, 0.29) is 11.1 Å². The highest BCUT2D eigenvalue weighted by Gasteiger charge is 2.18. The SMILES string of the molecule is O=C(Nc1cc(Cl)ccc1Cl)c1cc2c([nH]c1=O)CCC2. The Balaban J connectivity index is 1.93. The molecule has 2 N–H and O–H groups in total. The lowest BCUT2D eigenvalue weighted by molar-refractivity contribution is 0.102. The maximum absolute atomic E-state index is 12.3. The Morgan fingerprint density at radius 2 is 2.00 bits per heavy atom. The van der Waals surface area contributed by atoms with Gasteiger partial charge in [0.1, 0.15) is 5.56 Å². The highest BCUT2D eigenvalue weighted by atomic mass is 35.5. The van der Waals surface area contributed by atoms with Crippen molar-refractivity contribution in [1.82, 2.24) is 4.98 Å². The molecule has 0 atom stereocenters. The minimum Gasteiger partial charge on any atom is -0.325 e. The standard InChI is InChI=1S/C15H12Cl2N2O2/c16-9-4-5-11(17)13(7-9)19-15(21)10-6-8-2-1-3-12(8)18-14(10)20/h4-7H,1-3H2,(H,18,20)(H,19,21). The van der Waals surface area contributed by atoms with Crippen LogP contribution in [0.4, 0.5) is 5.69 Å². The van der Waals surface area contributed by atoms with Crippen molar-refractivity contribution in [3.05, 3.63) is 61.5 Å². The zero-order valence-electron chi connectivity index (χ0n) is 11.0. The van der Waals surface area contributed by atoms with E-state index in [0.29, 0.717) is 15.7 Å². The summed E-state index contributed by atoms with van der Waals surface area (Å²) in [6.45, 7) is 0. The van der Waals surface area contributed by atoms with Gasteiger partial charge in [-0.05, 0) is 49.1 Å². The minimum atomic E-state index is -0.491. The van der Waals surface area contributed by atoms with Crippen molar-refractivity contribution in [1.29, 1.82) is 0 Å². The number of amides is 1. The minimum absolute atomic E-state index is 0.0895. The number of rotatable bonds is 2. The van der Waals surface area contributed by atoms with Crippen LogP contribution in [0.25, 0.3) is 0 Å². The van der Waals surface area contributed by atoms with E-state index < -0.39 is 5.91 Å². The van der Waals surface area contributed by atoms with Gasteiger partial charge >= 0.3 is 0 Å². The monoisotopic (exact) mass is 322 g/mol. The molecular formula is C15H12Cl2N2O2. The molecule has 108 valence electrons. The molecule has 6 heteroatoms. The molecule has 1 aliphatic rings. The average molecular weight is 323 g/mol. The summed E-state index contributed by atoms with van der Waals surface area (Å²) in [5, 5.41) is 3.45. The van der Waals surface area contributed by atoms with Gasteiger partial charge in [-0.3, -0.25) is 9.59 Å². The van der Waals surface area contributed by atoms with Crippen molar-refractivity contribution >= 4 is 34.8 Å². The summed E-state index contributed by atoms with van der Waals surface area (Å²) in [5.41, 5.74) is 2.04. The van der Waals surface area contributed by atoms with Gasteiger partial charge in [-0.15, -0.1) is 0 Å². The molecule has 0 saturated carbocycles. The van der Waals surface area contributed by atoms with Crippen LogP contribution in [-0.2, 0) is 12.8 Å². The van der Waals surface area contributed by atoms with E-state index >= 15 is 0 Å². The highest BCUT2D eigenvalue weighted by molar-refractivity contribution is 6.35. The molecule has 0 fully saturated rings. The topological polar surface area (TPSA) is 62.0 Å². The number of fused-ring (bicyclic) bond motifs is 1. The van der Waals surface area contributed by atoms with E-state index in [2.05, 4.69) is 10.3 Å². The number of pyridine rings is 1. The molecule has 0 radical (unpaired) electrons. The summed E-state index contributed by atoms with van der Waals surface area (Å²) in [6.07, 6.45) is 2.73. The Hall–Kier alpha value is -1.78. The van der Waals surface area contributed by atoms with Crippen LogP contribution in [0, 0.1) is 0 Å². The molecule has 0 bridgehead atoms. The molecule has 0 unspecified atom stereocenters. The van der Waals surface area contributed by atoms with Crippen LogP contribution in [0.3, 0.4) is 0 Å². The van der Waals surface area contributed by atoms with Crippen molar-refractivity contribution in [2.45, 2.75) is 19.3 Å². The first kappa shape index (κ1) is 14.2. The number of benzene rings is 1. The second kappa shape index (κ2) is 5.54. The largest absolute Gasteiger partial charge is 0.325 e. The molecule has 3 rings (SSSR count). The number of anilines is 1. The van der Waals surface area contributed by atoms with Crippen LogP contribution in [0.2, 0.25) is 10.0 Å². The summed E-state index contributed by atoms with van der Waals surface area (Å²) < 4.78 is 0. The first-order chi connectivity index (χ1) is 10.0. The zero-order valence-corrected chi connectivity index (χ0v) is 12.5. The Morgan fingerprint density at radius 3 is 2.81 bits per heavy atom. The number of nitrogens with one attached hydrogen (secondary N) is 2. The third kappa shape index (κ3) is 2.82. The average Bonchev–Trinajstić information content (AvgIpc) is 2.89. The number of carbonyl (C=O) groups is 1. The molecule has 0 aliphatic heterocycles. The van der Waals surface area contributed by atoms with Gasteiger partial charge < -0.3 is 10.3 Å². The molecular weight excluding hydrogens is 311 g/mol. The Bertz CT molecular complexity index is 784. The predicted molar refractivity (Wildman–Crippen MR) is 83.5 cm³/mol. The van der Waals surface area contributed by atoms with Crippen molar-refractivity contribution in [3.63, 3.8) is 0 Å². The summed E-state index contributed by atoms with van der Waals surface area (Å²) >= 11 is 11.9. The van der Waals surface area contributed by atoms with E-state index in [4.69, 9.17) is 23.2 Å². The molecule has 0 saturated heterocycles. The van der Waals surface area contributed by atoms with E-state index in [1.54, 1.807) is 24.3 Å². The zero-order chi connectivity index (χ0) is 15.0. The van der Waals surface area contributed by atoms with Crippen molar-refractivity contribution < 1.29 is 4.79 Å². The normalized spacial score (nSPS) is 13.0. The third-order valence-electron chi connectivity index (χ3n) is 3.51. The van der Waals surface area contributed by atoms with E-state index in [0.717, 1.165) is 30.5 Å². The number of halogens is 2. The van der Waals surface area contributed by atoms with Crippen LogP contribution < -0.4 is 10.9 Å². The molecule has 1 aliphatic carbocycles. The van der Waals surface area contributed by atoms with Gasteiger partial charge in [0.25, 0.3) is 11.5 Å². The number of aromatic amines is 1. The number of hydrogen-bond acceptors (Lipinski definition) is 2. The second-order valence-electron chi connectivity index (χ2n) is 4.95. The second-order valence-corrected chi connectivity index (χ2v) is 5.79. The van der Waals surface area contributed by atoms with Crippen LogP contribution >= 0.6 is 23.2 Å². The van der Waals surface area contributed by atoms with Crippen LogP contribution in [0.15, 0.2) is 29.1 Å². The summed E-state index contributed by atoms with van der Waals surface area (Å²) in [7, 11) is 0. The van der Waals surface area contributed by atoms with Crippen LogP contribution in [-0.4, -0.2) is 10.9 Å². The highest BCUT2D eigenvalue weighted by Crippen LogP contribution is 2.26. The van der Waals surface area contributed by atoms with Gasteiger partial charge in [0, 0.05) is 10.7 Å². The van der Waals surface area contributed by atoms with Gasteiger partial charge in [-0.2, -0.15) is 0 Å². The smallest absolute Gasteiger partial charge is 0.261 e. The number of hydrogen-bond donors (Lipinski definition) is 2. The first-order valence-corrected chi connectivity index (χ1v) is 7.31. The quantitative estimate of drug-likeness (QED) is 0.889. The predicted octanol–water partition coefficient (Wildman–Crippen LogP) is 3.42.